The summed E-state index contributed by atoms with van der Waals surface area (Å²) in [6, 6.07) is 4.97. The summed E-state index contributed by atoms with van der Waals surface area (Å²) in [5.74, 6) is 0.363. The van der Waals surface area contributed by atoms with Gasteiger partial charge in [-0.1, -0.05) is 6.92 Å². The number of rotatable bonds is 4. The second kappa shape index (κ2) is 5.64. The van der Waals surface area contributed by atoms with Crippen LogP contribution in [0.1, 0.15) is 23.0 Å². The van der Waals surface area contributed by atoms with E-state index in [1.165, 1.54) is 0 Å². The highest BCUT2D eigenvalue weighted by molar-refractivity contribution is 6.08. The summed E-state index contributed by atoms with van der Waals surface area (Å²) >= 11 is 0. The topological polar surface area (TPSA) is 82.2 Å². The van der Waals surface area contributed by atoms with Crippen LogP contribution in [-0.4, -0.2) is 22.8 Å². The number of amides is 1. The average Bonchev–Trinajstić information content (AvgIpc) is 2.78. The van der Waals surface area contributed by atoms with Crippen LogP contribution in [0.4, 0.5) is 11.4 Å². The van der Waals surface area contributed by atoms with E-state index in [9.17, 15) is 4.79 Å². The summed E-state index contributed by atoms with van der Waals surface area (Å²) in [6.07, 6.45) is 2.52. The van der Waals surface area contributed by atoms with Crippen LogP contribution >= 0.6 is 0 Å². The molecule has 2 aromatic rings. The Morgan fingerprint density at radius 1 is 1.50 bits per heavy atom. The molecule has 106 valence electrons. The van der Waals surface area contributed by atoms with Gasteiger partial charge in [-0.3, -0.25) is 9.48 Å². The van der Waals surface area contributed by atoms with E-state index in [0.717, 1.165) is 12.1 Å². The molecule has 0 spiro atoms. The molecule has 0 aliphatic heterocycles. The number of ether oxygens (including phenoxy) is 1. The third-order valence-corrected chi connectivity index (χ3v) is 2.99. The van der Waals surface area contributed by atoms with Crippen molar-refractivity contribution in [2.75, 3.05) is 18.2 Å². The molecule has 0 unspecified atom stereocenters. The summed E-state index contributed by atoms with van der Waals surface area (Å²) in [5, 5.41) is 7.11. The molecule has 1 heterocycles. The first-order chi connectivity index (χ1) is 9.55. The minimum atomic E-state index is -0.257. The molecule has 0 aliphatic rings. The monoisotopic (exact) mass is 274 g/mol. The standard InChI is InChI=1S/C14H18N4O2/c1-4-12-13(8-18(2)17-12)16-14(19)10-6-5-9(20-3)7-11(10)15/h5-8H,4,15H2,1-3H3,(H,16,19). The zero-order chi connectivity index (χ0) is 14.7. The molecule has 1 amide bonds. The van der Waals surface area contributed by atoms with Crippen molar-refractivity contribution in [2.24, 2.45) is 7.05 Å². The number of nitrogens with two attached hydrogens (primary N) is 1. The first kappa shape index (κ1) is 13.9. The van der Waals surface area contributed by atoms with Crippen LogP contribution < -0.4 is 15.8 Å². The van der Waals surface area contributed by atoms with Crippen molar-refractivity contribution < 1.29 is 9.53 Å². The molecule has 2 rings (SSSR count). The van der Waals surface area contributed by atoms with E-state index in [1.54, 1.807) is 36.2 Å². The highest BCUT2D eigenvalue weighted by atomic mass is 16.5. The minimum absolute atomic E-state index is 0.257. The summed E-state index contributed by atoms with van der Waals surface area (Å²) in [4.78, 5) is 12.2. The van der Waals surface area contributed by atoms with Crippen molar-refractivity contribution in [2.45, 2.75) is 13.3 Å². The van der Waals surface area contributed by atoms with Crippen molar-refractivity contribution in [3.63, 3.8) is 0 Å². The average molecular weight is 274 g/mol. The molecule has 3 N–H and O–H groups in total. The highest BCUT2D eigenvalue weighted by Gasteiger charge is 2.14. The number of benzene rings is 1. The molecule has 0 aliphatic carbocycles. The number of nitrogens with one attached hydrogen (secondary N) is 1. The van der Waals surface area contributed by atoms with E-state index in [2.05, 4.69) is 10.4 Å². The van der Waals surface area contributed by atoms with Gasteiger partial charge in [-0.15, -0.1) is 0 Å². The van der Waals surface area contributed by atoms with Crippen molar-refractivity contribution in [1.82, 2.24) is 9.78 Å². The summed E-state index contributed by atoms with van der Waals surface area (Å²) in [6.45, 7) is 1.99. The molecule has 1 aromatic carbocycles. The highest BCUT2D eigenvalue weighted by Crippen LogP contribution is 2.21. The quantitative estimate of drug-likeness (QED) is 0.833. The molecule has 0 saturated carbocycles. The molecular formula is C14H18N4O2. The fourth-order valence-electron chi connectivity index (χ4n) is 1.96. The van der Waals surface area contributed by atoms with Crippen molar-refractivity contribution in [3.8, 4) is 5.75 Å². The first-order valence-electron chi connectivity index (χ1n) is 6.32. The van der Waals surface area contributed by atoms with Crippen LogP contribution in [0.2, 0.25) is 0 Å². The summed E-state index contributed by atoms with van der Waals surface area (Å²) in [5.41, 5.74) is 8.20. The predicted octanol–water partition coefficient (Wildman–Crippen LogP) is 1.83. The van der Waals surface area contributed by atoms with E-state index in [-0.39, 0.29) is 5.91 Å². The molecule has 0 atom stereocenters. The zero-order valence-corrected chi connectivity index (χ0v) is 11.8. The maximum atomic E-state index is 12.2. The van der Waals surface area contributed by atoms with Gasteiger partial charge in [0.15, 0.2) is 0 Å². The third kappa shape index (κ3) is 2.74. The molecular weight excluding hydrogens is 256 g/mol. The maximum absolute atomic E-state index is 12.2. The Morgan fingerprint density at radius 3 is 2.85 bits per heavy atom. The SMILES string of the molecule is CCc1nn(C)cc1NC(=O)c1ccc(OC)cc1N. The molecule has 20 heavy (non-hydrogen) atoms. The summed E-state index contributed by atoms with van der Waals surface area (Å²) < 4.78 is 6.74. The second-order valence-electron chi connectivity index (χ2n) is 4.42. The molecule has 0 fully saturated rings. The zero-order valence-electron chi connectivity index (χ0n) is 11.8. The number of hydrogen-bond acceptors (Lipinski definition) is 4. The van der Waals surface area contributed by atoms with Gasteiger partial charge < -0.3 is 15.8 Å². The van der Waals surface area contributed by atoms with E-state index >= 15 is 0 Å². The summed E-state index contributed by atoms with van der Waals surface area (Å²) in [7, 11) is 3.37. The van der Waals surface area contributed by atoms with Gasteiger partial charge in [0.05, 0.1) is 24.1 Å². The lowest BCUT2D eigenvalue weighted by Gasteiger charge is -2.08. The van der Waals surface area contributed by atoms with Gasteiger partial charge in [0.2, 0.25) is 0 Å². The maximum Gasteiger partial charge on any atom is 0.257 e. The number of carbonyl (C=O) groups is 1. The van der Waals surface area contributed by atoms with Gasteiger partial charge in [0.1, 0.15) is 5.75 Å². The van der Waals surface area contributed by atoms with E-state index < -0.39 is 0 Å². The van der Waals surface area contributed by atoms with Gasteiger partial charge in [0.25, 0.3) is 5.91 Å². The second-order valence-corrected chi connectivity index (χ2v) is 4.42. The molecule has 6 heteroatoms. The Labute approximate surface area is 117 Å². The van der Waals surface area contributed by atoms with Gasteiger partial charge in [-0.25, -0.2) is 0 Å². The first-order valence-corrected chi connectivity index (χ1v) is 6.32. The fourth-order valence-corrected chi connectivity index (χ4v) is 1.96. The number of anilines is 2. The smallest absolute Gasteiger partial charge is 0.257 e. The van der Waals surface area contributed by atoms with E-state index in [4.69, 9.17) is 10.5 Å². The van der Waals surface area contributed by atoms with Crippen molar-refractivity contribution in [3.05, 3.63) is 35.7 Å². The van der Waals surface area contributed by atoms with Crippen LogP contribution in [0.3, 0.4) is 0 Å². The molecule has 0 bridgehead atoms. The fraction of sp³-hybridized carbons (Fsp3) is 0.286. The van der Waals surface area contributed by atoms with Crippen LogP contribution in [-0.2, 0) is 13.5 Å². The molecule has 6 nitrogen and oxygen atoms in total. The predicted molar refractivity (Wildman–Crippen MR) is 77.9 cm³/mol. The van der Waals surface area contributed by atoms with Crippen molar-refractivity contribution >= 4 is 17.3 Å². The number of hydrogen-bond donors (Lipinski definition) is 2. The minimum Gasteiger partial charge on any atom is -0.497 e. The Bertz CT molecular complexity index is 634. The van der Waals surface area contributed by atoms with Gasteiger partial charge in [0, 0.05) is 25.0 Å². The van der Waals surface area contributed by atoms with E-state index in [0.29, 0.717) is 22.7 Å². The van der Waals surface area contributed by atoms with Gasteiger partial charge in [-0.05, 0) is 18.6 Å². The van der Waals surface area contributed by atoms with Crippen LogP contribution in [0, 0.1) is 0 Å². The van der Waals surface area contributed by atoms with Crippen LogP contribution in [0.25, 0.3) is 0 Å². The number of nitrogen functional groups attached to an aromatic ring is 1. The largest absolute Gasteiger partial charge is 0.497 e. The normalized spacial score (nSPS) is 10.3. The lowest BCUT2D eigenvalue weighted by atomic mass is 10.1. The third-order valence-electron chi connectivity index (χ3n) is 2.99. The molecule has 1 aromatic heterocycles. The van der Waals surface area contributed by atoms with Crippen LogP contribution in [0.5, 0.6) is 5.75 Å². The molecule has 0 saturated heterocycles. The molecule has 0 radical (unpaired) electrons. The van der Waals surface area contributed by atoms with E-state index in [1.807, 2.05) is 14.0 Å². The Hall–Kier alpha value is -2.50. The number of nitrogens with zero attached hydrogens (tertiary/aromatic N) is 2. The lowest BCUT2D eigenvalue weighted by Crippen LogP contribution is -2.14. The Kier molecular flexibility index (Phi) is 3.93. The van der Waals surface area contributed by atoms with Crippen molar-refractivity contribution in [1.29, 1.82) is 0 Å². The number of aromatic nitrogens is 2. The lowest BCUT2D eigenvalue weighted by molar-refractivity contribution is 0.102. The number of methoxy groups -OCH3 is 1. The Morgan fingerprint density at radius 2 is 2.25 bits per heavy atom. The number of carbonyl (C=O) groups excluding carboxylic acids is 1. The van der Waals surface area contributed by atoms with Crippen LogP contribution in [0.15, 0.2) is 24.4 Å². The Balaban J connectivity index is 2.23. The van der Waals surface area contributed by atoms with Gasteiger partial charge >= 0.3 is 0 Å². The van der Waals surface area contributed by atoms with Gasteiger partial charge in [-0.2, -0.15) is 5.10 Å². The number of aryl methyl sites for hydroxylation is 2.